The van der Waals surface area contributed by atoms with Crippen LogP contribution in [0, 0.1) is 5.82 Å². The first-order valence-electron chi connectivity index (χ1n) is 7.09. The van der Waals surface area contributed by atoms with Crippen molar-refractivity contribution in [3.63, 3.8) is 0 Å². The third kappa shape index (κ3) is 4.53. The lowest BCUT2D eigenvalue weighted by Gasteiger charge is -2.31. The zero-order chi connectivity index (χ0) is 15.2. The number of hydrogen-bond acceptors (Lipinski definition) is 3. The molecule has 114 valence electrons. The molecule has 1 aromatic rings. The number of rotatable bonds is 5. The molecule has 0 aromatic heterocycles. The van der Waals surface area contributed by atoms with Crippen molar-refractivity contribution in [1.82, 2.24) is 15.5 Å². The number of benzene rings is 1. The summed E-state index contributed by atoms with van der Waals surface area (Å²) in [5, 5.41) is 5.58. The van der Waals surface area contributed by atoms with Crippen molar-refractivity contribution in [3.05, 3.63) is 35.6 Å². The minimum atomic E-state index is -0.329. The van der Waals surface area contributed by atoms with E-state index in [1.807, 2.05) is 4.90 Å². The SMILES string of the molecule is C[C@H](C(=O)NCCc1ccc(F)cc1)N1CCNC(=O)C1. The van der Waals surface area contributed by atoms with Crippen LogP contribution in [0.2, 0.25) is 0 Å². The van der Waals surface area contributed by atoms with Crippen LogP contribution in [-0.4, -0.2) is 48.9 Å². The maximum atomic E-state index is 12.8. The lowest BCUT2D eigenvalue weighted by molar-refractivity contribution is -0.130. The summed E-state index contributed by atoms with van der Waals surface area (Å²) in [7, 11) is 0. The van der Waals surface area contributed by atoms with Gasteiger partial charge in [-0.2, -0.15) is 0 Å². The predicted octanol–water partition coefficient (Wildman–Crippen LogP) is 0.305. The molecule has 2 rings (SSSR count). The smallest absolute Gasteiger partial charge is 0.237 e. The molecule has 0 radical (unpaired) electrons. The van der Waals surface area contributed by atoms with Crippen LogP contribution < -0.4 is 10.6 Å². The van der Waals surface area contributed by atoms with Crippen LogP contribution in [0.25, 0.3) is 0 Å². The van der Waals surface area contributed by atoms with Gasteiger partial charge in [0.2, 0.25) is 11.8 Å². The maximum Gasteiger partial charge on any atom is 0.237 e. The average Bonchev–Trinajstić information content (AvgIpc) is 2.48. The molecule has 21 heavy (non-hydrogen) atoms. The average molecular weight is 293 g/mol. The Kier molecular flexibility index (Phi) is 5.27. The molecule has 0 bridgehead atoms. The van der Waals surface area contributed by atoms with Crippen LogP contribution >= 0.6 is 0 Å². The first-order chi connectivity index (χ1) is 10.1. The van der Waals surface area contributed by atoms with Crippen LogP contribution in [0.15, 0.2) is 24.3 Å². The van der Waals surface area contributed by atoms with E-state index in [1.54, 1.807) is 19.1 Å². The van der Waals surface area contributed by atoms with Gasteiger partial charge in [0.25, 0.3) is 0 Å². The highest BCUT2D eigenvalue weighted by Crippen LogP contribution is 2.04. The Balaban J connectivity index is 1.75. The molecule has 1 aliphatic heterocycles. The normalized spacial score (nSPS) is 17.1. The van der Waals surface area contributed by atoms with Gasteiger partial charge < -0.3 is 10.6 Å². The zero-order valence-electron chi connectivity index (χ0n) is 12.1. The van der Waals surface area contributed by atoms with Gasteiger partial charge in [-0.05, 0) is 31.0 Å². The quantitative estimate of drug-likeness (QED) is 0.821. The number of carbonyl (C=O) groups is 2. The summed E-state index contributed by atoms with van der Waals surface area (Å²) in [4.78, 5) is 25.2. The molecule has 5 nitrogen and oxygen atoms in total. The maximum absolute atomic E-state index is 12.8. The van der Waals surface area contributed by atoms with E-state index < -0.39 is 0 Å². The molecule has 0 unspecified atom stereocenters. The van der Waals surface area contributed by atoms with Gasteiger partial charge in [-0.1, -0.05) is 12.1 Å². The second-order valence-electron chi connectivity index (χ2n) is 5.16. The Morgan fingerprint density at radius 3 is 2.81 bits per heavy atom. The van der Waals surface area contributed by atoms with Gasteiger partial charge in [0.15, 0.2) is 0 Å². The predicted molar refractivity (Wildman–Crippen MR) is 77.2 cm³/mol. The Bertz CT molecular complexity index is 504. The summed E-state index contributed by atoms with van der Waals surface area (Å²) in [6.45, 7) is 3.80. The summed E-state index contributed by atoms with van der Waals surface area (Å²) < 4.78 is 12.8. The third-order valence-electron chi connectivity index (χ3n) is 3.62. The Hall–Kier alpha value is -1.95. The second kappa shape index (κ2) is 7.17. The van der Waals surface area contributed by atoms with E-state index in [1.165, 1.54) is 12.1 Å². The van der Waals surface area contributed by atoms with Gasteiger partial charge in [-0.25, -0.2) is 4.39 Å². The molecule has 1 aliphatic rings. The van der Waals surface area contributed by atoms with E-state index in [4.69, 9.17) is 0 Å². The molecular formula is C15H20FN3O2. The summed E-state index contributed by atoms with van der Waals surface area (Å²) >= 11 is 0. The molecule has 2 amide bonds. The van der Waals surface area contributed by atoms with Crippen molar-refractivity contribution < 1.29 is 14.0 Å². The zero-order valence-corrected chi connectivity index (χ0v) is 12.1. The van der Waals surface area contributed by atoms with Crippen LogP contribution in [0.1, 0.15) is 12.5 Å². The molecular weight excluding hydrogens is 273 g/mol. The highest BCUT2D eigenvalue weighted by Gasteiger charge is 2.25. The van der Waals surface area contributed by atoms with Crippen LogP contribution in [0.5, 0.6) is 0 Å². The molecule has 1 aromatic carbocycles. The summed E-state index contributed by atoms with van der Waals surface area (Å²) in [6, 6.07) is 5.90. The van der Waals surface area contributed by atoms with Crippen molar-refractivity contribution >= 4 is 11.8 Å². The van der Waals surface area contributed by atoms with Crippen molar-refractivity contribution in [2.45, 2.75) is 19.4 Å². The minimum absolute atomic E-state index is 0.0489. The summed E-state index contributed by atoms with van der Waals surface area (Å²) in [5.74, 6) is -0.404. The first-order valence-corrected chi connectivity index (χ1v) is 7.09. The van der Waals surface area contributed by atoms with E-state index in [0.29, 0.717) is 26.1 Å². The highest BCUT2D eigenvalue weighted by molar-refractivity contribution is 5.83. The molecule has 2 N–H and O–H groups in total. The van der Waals surface area contributed by atoms with E-state index in [9.17, 15) is 14.0 Å². The molecule has 6 heteroatoms. The number of piperazine rings is 1. The monoisotopic (exact) mass is 293 g/mol. The van der Waals surface area contributed by atoms with E-state index >= 15 is 0 Å². The van der Waals surface area contributed by atoms with Crippen molar-refractivity contribution in [1.29, 1.82) is 0 Å². The molecule has 0 aliphatic carbocycles. The van der Waals surface area contributed by atoms with E-state index in [-0.39, 0.29) is 30.2 Å². The molecule has 1 fully saturated rings. The topological polar surface area (TPSA) is 61.4 Å². The lowest BCUT2D eigenvalue weighted by atomic mass is 10.1. The number of nitrogens with zero attached hydrogens (tertiary/aromatic N) is 1. The first kappa shape index (κ1) is 15.4. The standard InChI is InChI=1S/C15H20FN3O2/c1-11(19-9-8-17-14(20)10-19)15(21)18-7-6-12-2-4-13(16)5-3-12/h2-5,11H,6-10H2,1H3,(H,17,20)(H,18,21)/t11-/m1/s1. The Morgan fingerprint density at radius 2 is 2.14 bits per heavy atom. The number of amides is 2. The van der Waals surface area contributed by atoms with Gasteiger partial charge >= 0.3 is 0 Å². The minimum Gasteiger partial charge on any atom is -0.354 e. The van der Waals surface area contributed by atoms with Crippen LogP contribution in [-0.2, 0) is 16.0 Å². The fourth-order valence-corrected chi connectivity index (χ4v) is 2.28. The van der Waals surface area contributed by atoms with Gasteiger partial charge in [0.05, 0.1) is 12.6 Å². The van der Waals surface area contributed by atoms with Crippen molar-refractivity contribution in [3.8, 4) is 0 Å². The number of carbonyl (C=O) groups excluding carboxylic acids is 2. The van der Waals surface area contributed by atoms with E-state index in [2.05, 4.69) is 10.6 Å². The molecule has 1 saturated heterocycles. The van der Waals surface area contributed by atoms with Gasteiger partial charge in [0, 0.05) is 19.6 Å². The fraction of sp³-hybridized carbons (Fsp3) is 0.467. The van der Waals surface area contributed by atoms with Crippen molar-refractivity contribution in [2.24, 2.45) is 0 Å². The number of nitrogens with one attached hydrogen (secondary N) is 2. The lowest BCUT2D eigenvalue weighted by Crippen LogP contribution is -2.55. The Labute approximate surface area is 123 Å². The number of hydrogen-bond donors (Lipinski definition) is 2. The van der Waals surface area contributed by atoms with Gasteiger partial charge in [0.1, 0.15) is 5.82 Å². The summed E-state index contributed by atoms with van der Waals surface area (Å²) in [5.41, 5.74) is 0.974. The second-order valence-corrected chi connectivity index (χ2v) is 5.16. The van der Waals surface area contributed by atoms with Crippen molar-refractivity contribution in [2.75, 3.05) is 26.2 Å². The van der Waals surface area contributed by atoms with Crippen LogP contribution in [0.4, 0.5) is 4.39 Å². The summed E-state index contributed by atoms with van der Waals surface area (Å²) in [6.07, 6.45) is 0.652. The number of halogens is 1. The Morgan fingerprint density at radius 1 is 1.43 bits per heavy atom. The highest BCUT2D eigenvalue weighted by atomic mass is 19.1. The molecule has 1 atom stereocenters. The molecule has 0 saturated carbocycles. The fourth-order valence-electron chi connectivity index (χ4n) is 2.28. The molecule has 0 spiro atoms. The van der Waals surface area contributed by atoms with Gasteiger partial charge in [-0.3, -0.25) is 14.5 Å². The third-order valence-corrected chi connectivity index (χ3v) is 3.62. The van der Waals surface area contributed by atoms with Gasteiger partial charge in [-0.15, -0.1) is 0 Å². The van der Waals surface area contributed by atoms with Crippen LogP contribution in [0.3, 0.4) is 0 Å². The molecule has 1 heterocycles. The largest absolute Gasteiger partial charge is 0.354 e. The van der Waals surface area contributed by atoms with E-state index in [0.717, 1.165) is 5.56 Å².